The van der Waals surface area contributed by atoms with Crippen molar-refractivity contribution in [1.82, 2.24) is 0 Å². The molecular formula is C14H11FN2. The van der Waals surface area contributed by atoms with Crippen LogP contribution < -0.4 is 5.32 Å². The Labute approximate surface area is 99.3 Å². The van der Waals surface area contributed by atoms with Gasteiger partial charge in [-0.2, -0.15) is 5.26 Å². The minimum atomic E-state index is -0.295. The molecule has 0 saturated carbocycles. The zero-order valence-electron chi connectivity index (χ0n) is 9.37. The van der Waals surface area contributed by atoms with E-state index in [1.807, 2.05) is 6.92 Å². The first kappa shape index (κ1) is 11.2. The lowest BCUT2D eigenvalue weighted by molar-refractivity contribution is 0.632. The Bertz CT molecular complexity index is 585. The molecule has 0 aliphatic rings. The summed E-state index contributed by atoms with van der Waals surface area (Å²) in [5.41, 5.74) is 2.74. The molecule has 0 atom stereocenters. The highest BCUT2D eigenvalue weighted by atomic mass is 19.1. The Morgan fingerprint density at radius 2 is 1.88 bits per heavy atom. The summed E-state index contributed by atoms with van der Waals surface area (Å²) >= 11 is 0. The topological polar surface area (TPSA) is 35.8 Å². The third kappa shape index (κ3) is 2.43. The molecule has 17 heavy (non-hydrogen) atoms. The quantitative estimate of drug-likeness (QED) is 0.846. The minimum absolute atomic E-state index is 0.295. The second kappa shape index (κ2) is 4.67. The van der Waals surface area contributed by atoms with E-state index in [1.54, 1.807) is 36.4 Å². The fraction of sp³-hybridized carbons (Fsp3) is 0.0714. The first-order valence-electron chi connectivity index (χ1n) is 5.23. The number of halogens is 1. The molecule has 84 valence electrons. The Kier molecular flexibility index (Phi) is 3.06. The van der Waals surface area contributed by atoms with E-state index in [1.165, 1.54) is 6.07 Å². The average molecular weight is 226 g/mol. The molecule has 2 aromatic carbocycles. The van der Waals surface area contributed by atoms with Crippen LogP contribution in [-0.2, 0) is 0 Å². The Morgan fingerprint density at radius 1 is 1.12 bits per heavy atom. The van der Waals surface area contributed by atoms with E-state index >= 15 is 0 Å². The van der Waals surface area contributed by atoms with Crippen LogP contribution >= 0.6 is 0 Å². The van der Waals surface area contributed by atoms with Gasteiger partial charge in [0.25, 0.3) is 0 Å². The normalized spacial score (nSPS) is 9.71. The van der Waals surface area contributed by atoms with Crippen molar-refractivity contribution in [3.05, 3.63) is 59.4 Å². The molecule has 0 unspecified atom stereocenters. The van der Waals surface area contributed by atoms with Crippen molar-refractivity contribution >= 4 is 11.4 Å². The molecular weight excluding hydrogens is 215 g/mol. The van der Waals surface area contributed by atoms with Crippen LogP contribution in [0.5, 0.6) is 0 Å². The molecule has 0 aromatic heterocycles. The van der Waals surface area contributed by atoms with Gasteiger partial charge in [0, 0.05) is 5.69 Å². The predicted octanol–water partition coefficient (Wildman–Crippen LogP) is 3.75. The van der Waals surface area contributed by atoms with Crippen molar-refractivity contribution < 1.29 is 4.39 Å². The molecule has 0 amide bonds. The van der Waals surface area contributed by atoms with E-state index in [4.69, 9.17) is 5.26 Å². The molecule has 0 aliphatic heterocycles. The van der Waals surface area contributed by atoms with Crippen LogP contribution in [0.4, 0.5) is 15.8 Å². The smallest absolute Gasteiger partial charge is 0.146 e. The van der Waals surface area contributed by atoms with Gasteiger partial charge in [-0.1, -0.05) is 12.1 Å². The molecule has 0 bridgehead atoms. The summed E-state index contributed by atoms with van der Waals surface area (Å²) in [5, 5.41) is 11.8. The lowest BCUT2D eigenvalue weighted by Crippen LogP contribution is -1.95. The molecule has 0 saturated heterocycles. The van der Waals surface area contributed by atoms with Gasteiger partial charge >= 0.3 is 0 Å². The third-order valence-corrected chi connectivity index (χ3v) is 2.50. The van der Waals surface area contributed by atoms with Crippen LogP contribution in [0.1, 0.15) is 11.1 Å². The van der Waals surface area contributed by atoms with Gasteiger partial charge < -0.3 is 5.32 Å². The number of anilines is 2. The first-order valence-corrected chi connectivity index (χ1v) is 5.23. The van der Waals surface area contributed by atoms with Gasteiger partial charge in [0.2, 0.25) is 0 Å². The van der Waals surface area contributed by atoms with Crippen molar-refractivity contribution in [2.45, 2.75) is 6.92 Å². The number of para-hydroxylation sites is 1. The van der Waals surface area contributed by atoms with Crippen LogP contribution in [0.2, 0.25) is 0 Å². The second-order valence-corrected chi connectivity index (χ2v) is 3.75. The van der Waals surface area contributed by atoms with E-state index in [-0.39, 0.29) is 5.82 Å². The number of nitriles is 1. The molecule has 0 heterocycles. The van der Waals surface area contributed by atoms with Crippen molar-refractivity contribution in [3.8, 4) is 6.07 Å². The third-order valence-electron chi connectivity index (χ3n) is 2.50. The minimum Gasteiger partial charge on any atom is -0.353 e. The molecule has 2 aromatic rings. The van der Waals surface area contributed by atoms with Crippen molar-refractivity contribution in [2.24, 2.45) is 0 Å². The Balaban J connectivity index is 2.32. The number of hydrogen-bond donors (Lipinski definition) is 1. The monoisotopic (exact) mass is 226 g/mol. The van der Waals surface area contributed by atoms with Crippen molar-refractivity contribution in [1.29, 1.82) is 5.26 Å². The van der Waals surface area contributed by atoms with Crippen molar-refractivity contribution in [3.63, 3.8) is 0 Å². The summed E-state index contributed by atoms with van der Waals surface area (Å²) in [5.74, 6) is -0.295. The highest BCUT2D eigenvalue weighted by Crippen LogP contribution is 2.23. The highest BCUT2D eigenvalue weighted by molar-refractivity contribution is 5.64. The fourth-order valence-corrected chi connectivity index (χ4v) is 1.58. The maximum atomic E-state index is 13.4. The van der Waals surface area contributed by atoms with E-state index in [0.717, 1.165) is 11.3 Å². The Morgan fingerprint density at radius 3 is 2.53 bits per heavy atom. The second-order valence-electron chi connectivity index (χ2n) is 3.75. The van der Waals surface area contributed by atoms with E-state index in [2.05, 4.69) is 11.4 Å². The summed E-state index contributed by atoms with van der Waals surface area (Å²) in [7, 11) is 0. The molecule has 3 heteroatoms. The molecule has 0 aliphatic carbocycles. The number of nitrogens with zero attached hydrogens (tertiary/aromatic N) is 1. The lowest BCUT2D eigenvalue weighted by atomic mass is 10.1. The lowest BCUT2D eigenvalue weighted by Gasteiger charge is -2.10. The van der Waals surface area contributed by atoms with Gasteiger partial charge in [-0.25, -0.2) is 4.39 Å². The van der Waals surface area contributed by atoms with Gasteiger partial charge in [0.05, 0.1) is 17.3 Å². The van der Waals surface area contributed by atoms with Gasteiger partial charge in [-0.3, -0.25) is 0 Å². The van der Waals surface area contributed by atoms with Crippen LogP contribution in [-0.4, -0.2) is 0 Å². The van der Waals surface area contributed by atoms with Crippen LogP contribution in [0, 0.1) is 24.1 Å². The average Bonchev–Trinajstić information content (AvgIpc) is 2.34. The van der Waals surface area contributed by atoms with Gasteiger partial charge in [-0.05, 0) is 42.8 Å². The first-order chi connectivity index (χ1) is 8.20. The van der Waals surface area contributed by atoms with E-state index in [9.17, 15) is 4.39 Å². The highest BCUT2D eigenvalue weighted by Gasteiger charge is 2.03. The summed E-state index contributed by atoms with van der Waals surface area (Å²) in [6, 6.07) is 13.8. The standard InChI is InChI=1S/C14H11FN2/c1-10-8-11(9-16)6-7-13(10)17-14-5-3-2-4-12(14)15/h2-8,17H,1H3. The zero-order chi connectivity index (χ0) is 12.3. The molecule has 0 spiro atoms. The molecule has 2 nitrogen and oxygen atoms in total. The van der Waals surface area contributed by atoms with Crippen molar-refractivity contribution in [2.75, 3.05) is 5.32 Å². The SMILES string of the molecule is Cc1cc(C#N)ccc1Nc1ccccc1F. The number of rotatable bonds is 2. The molecule has 0 radical (unpaired) electrons. The zero-order valence-corrected chi connectivity index (χ0v) is 9.37. The van der Waals surface area contributed by atoms with Gasteiger partial charge in [-0.15, -0.1) is 0 Å². The number of aryl methyl sites for hydroxylation is 1. The van der Waals surface area contributed by atoms with E-state index < -0.39 is 0 Å². The molecule has 0 fully saturated rings. The Hall–Kier alpha value is -2.34. The summed E-state index contributed by atoms with van der Waals surface area (Å²) < 4.78 is 13.4. The maximum Gasteiger partial charge on any atom is 0.146 e. The number of hydrogen-bond acceptors (Lipinski definition) is 2. The van der Waals surface area contributed by atoms with Crippen LogP contribution in [0.3, 0.4) is 0 Å². The van der Waals surface area contributed by atoms with E-state index in [0.29, 0.717) is 11.3 Å². The predicted molar refractivity (Wildman–Crippen MR) is 65.6 cm³/mol. The van der Waals surface area contributed by atoms with Crippen LogP contribution in [0.25, 0.3) is 0 Å². The number of nitrogens with one attached hydrogen (secondary N) is 1. The van der Waals surface area contributed by atoms with Gasteiger partial charge in [0.1, 0.15) is 5.82 Å². The molecule has 1 N–H and O–H groups in total. The number of benzene rings is 2. The molecule has 2 rings (SSSR count). The van der Waals surface area contributed by atoms with Gasteiger partial charge in [0.15, 0.2) is 0 Å². The maximum absolute atomic E-state index is 13.4. The largest absolute Gasteiger partial charge is 0.353 e. The van der Waals surface area contributed by atoms with Crippen LogP contribution in [0.15, 0.2) is 42.5 Å². The summed E-state index contributed by atoms with van der Waals surface area (Å²) in [6.45, 7) is 1.88. The summed E-state index contributed by atoms with van der Waals surface area (Å²) in [6.07, 6.45) is 0. The summed E-state index contributed by atoms with van der Waals surface area (Å²) in [4.78, 5) is 0. The fourth-order valence-electron chi connectivity index (χ4n) is 1.58.